The summed E-state index contributed by atoms with van der Waals surface area (Å²) in [5.74, 6) is 0.557. The van der Waals surface area contributed by atoms with Crippen LogP contribution >= 0.6 is 0 Å². The van der Waals surface area contributed by atoms with E-state index in [4.69, 9.17) is 0 Å². The van der Waals surface area contributed by atoms with Gasteiger partial charge >= 0.3 is 0 Å². The normalized spacial score (nSPS) is 14.6. The molecule has 1 N–H and O–H groups in total. The number of nitrogens with one attached hydrogen (secondary N) is 1. The molecule has 3 heterocycles. The number of pyridine rings is 2. The lowest BCUT2D eigenvalue weighted by molar-refractivity contribution is 0.0945. The standard InChI is InChI=1S/C24H26N4O/c29-24(27-17-21-8-4-5-13-25-21)23-10-9-22(18-26-23)28-14-11-20(12-15-28)16-19-6-2-1-3-7-19/h1-10,13,18,20H,11-12,14-17H2,(H,27,29). The average Bonchev–Trinajstić information content (AvgIpc) is 2.79. The smallest absolute Gasteiger partial charge is 0.270 e. The number of rotatable bonds is 6. The number of carbonyl (C=O) groups is 1. The molecular weight excluding hydrogens is 360 g/mol. The topological polar surface area (TPSA) is 58.1 Å². The number of benzene rings is 1. The first-order chi connectivity index (χ1) is 14.3. The first kappa shape index (κ1) is 19.1. The van der Waals surface area contributed by atoms with Crippen LogP contribution in [0.4, 0.5) is 5.69 Å². The van der Waals surface area contributed by atoms with Crippen LogP contribution in [-0.4, -0.2) is 29.0 Å². The molecule has 1 aliphatic rings. The molecule has 0 spiro atoms. The third-order valence-corrected chi connectivity index (χ3v) is 5.48. The van der Waals surface area contributed by atoms with E-state index < -0.39 is 0 Å². The predicted molar refractivity (Wildman–Crippen MR) is 115 cm³/mol. The molecule has 0 saturated carbocycles. The first-order valence-electron chi connectivity index (χ1n) is 10.2. The highest BCUT2D eigenvalue weighted by Crippen LogP contribution is 2.25. The molecule has 5 heteroatoms. The minimum absolute atomic E-state index is 0.177. The van der Waals surface area contributed by atoms with Gasteiger partial charge < -0.3 is 10.2 Å². The zero-order chi connectivity index (χ0) is 19.9. The Morgan fingerprint density at radius 3 is 2.45 bits per heavy atom. The van der Waals surface area contributed by atoms with Crippen molar-refractivity contribution in [3.05, 3.63) is 90.0 Å². The van der Waals surface area contributed by atoms with E-state index in [1.807, 2.05) is 30.5 Å². The van der Waals surface area contributed by atoms with E-state index in [9.17, 15) is 4.79 Å². The molecule has 3 aromatic rings. The van der Waals surface area contributed by atoms with Gasteiger partial charge in [0.15, 0.2) is 0 Å². The first-order valence-corrected chi connectivity index (χ1v) is 10.2. The van der Waals surface area contributed by atoms with E-state index in [-0.39, 0.29) is 5.91 Å². The van der Waals surface area contributed by atoms with Gasteiger partial charge in [-0.05, 0) is 55.0 Å². The van der Waals surface area contributed by atoms with Crippen molar-refractivity contribution in [2.75, 3.05) is 18.0 Å². The van der Waals surface area contributed by atoms with Crippen LogP contribution in [0.15, 0.2) is 73.1 Å². The number of amides is 1. The van der Waals surface area contributed by atoms with Crippen LogP contribution in [-0.2, 0) is 13.0 Å². The molecule has 2 aromatic heterocycles. The highest BCUT2D eigenvalue weighted by atomic mass is 16.1. The fourth-order valence-corrected chi connectivity index (χ4v) is 3.81. The van der Waals surface area contributed by atoms with Crippen LogP contribution in [0.3, 0.4) is 0 Å². The van der Waals surface area contributed by atoms with Crippen molar-refractivity contribution in [1.82, 2.24) is 15.3 Å². The summed E-state index contributed by atoms with van der Waals surface area (Å²) in [6.07, 6.45) is 7.05. The fourth-order valence-electron chi connectivity index (χ4n) is 3.81. The zero-order valence-corrected chi connectivity index (χ0v) is 16.5. The highest BCUT2D eigenvalue weighted by Gasteiger charge is 2.20. The van der Waals surface area contributed by atoms with Crippen LogP contribution in [0.2, 0.25) is 0 Å². The third-order valence-electron chi connectivity index (χ3n) is 5.48. The van der Waals surface area contributed by atoms with Crippen molar-refractivity contribution in [3.8, 4) is 0 Å². The molecule has 1 aromatic carbocycles. The van der Waals surface area contributed by atoms with Crippen molar-refractivity contribution >= 4 is 11.6 Å². The van der Waals surface area contributed by atoms with Gasteiger partial charge in [0.1, 0.15) is 5.69 Å². The summed E-state index contributed by atoms with van der Waals surface area (Å²) < 4.78 is 0. The number of nitrogens with zero attached hydrogens (tertiary/aromatic N) is 3. The van der Waals surface area contributed by atoms with Gasteiger partial charge in [0.05, 0.1) is 24.1 Å². The highest BCUT2D eigenvalue weighted by molar-refractivity contribution is 5.92. The maximum Gasteiger partial charge on any atom is 0.270 e. The van der Waals surface area contributed by atoms with Gasteiger partial charge in [-0.1, -0.05) is 36.4 Å². The molecule has 1 fully saturated rings. The second kappa shape index (κ2) is 9.32. The lowest BCUT2D eigenvalue weighted by atomic mass is 9.90. The summed E-state index contributed by atoms with van der Waals surface area (Å²) in [4.78, 5) is 23.3. The molecule has 4 rings (SSSR count). The summed E-state index contributed by atoms with van der Waals surface area (Å²) in [6.45, 7) is 2.47. The molecule has 0 aliphatic carbocycles. The molecule has 0 radical (unpaired) electrons. The molecule has 0 atom stereocenters. The number of hydrogen-bond donors (Lipinski definition) is 1. The number of aromatic nitrogens is 2. The summed E-state index contributed by atoms with van der Waals surface area (Å²) >= 11 is 0. The molecule has 1 saturated heterocycles. The molecular formula is C24H26N4O. The van der Waals surface area contributed by atoms with E-state index >= 15 is 0 Å². The Balaban J connectivity index is 1.27. The lowest BCUT2D eigenvalue weighted by Gasteiger charge is -2.33. The average molecular weight is 386 g/mol. The fraction of sp³-hybridized carbons (Fsp3) is 0.292. The SMILES string of the molecule is O=C(NCc1ccccn1)c1ccc(N2CCC(Cc3ccccc3)CC2)cn1. The Hall–Kier alpha value is -3.21. The van der Waals surface area contributed by atoms with Gasteiger partial charge in [-0.25, -0.2) is 4.98 Å². The monoisotopic (exact) mass is 386 g/mol. The van der Waals surface area contributed by atoms with Crippen LogP contribution < -0.4 is 10.2 Å². The van der Waals surface area contributed by atoms with Crippen LogP contribution in [0.5, 0.6) is 0 Å². The zero-order valence-electron chi connectivity index (χ0n) is 16.5. The molecule has 0 unspecified atom stereocenters. The number of hydrogen-bond acceptors (Lipinski definition) is 4. The van der Waals surface area contributed by atoms with Crippen LogP contribution in [0, 0.1) is 5.92 Å². The van der Waals surface area contributed by atoms with Crippen molar-refractivity contribution < 1.29 is 4.79 Å². The second-order valence-electron chi connectivity index (χ2n) is 7.53. The Labute approximate surface area is 171 Å². The van der Waals surface area contributed by atoms with Gasteiger partial charge in [0, 0.05) is 19.3 Å². The Morgan fingerprint density at radius 1 is 0.966 bits per heavy atom. The summed E-state index contributed by atoms with van der Waals surface area (Å²) in [5, 5.41) is 2.87. The van der Waals surface area contributed by atoms with Gasteiger partial charge in [-0.3, -0.25) is 9.78 Å². The largest absolute Gasteiger partial charge is 0.370 e. The maximum absolute atomic E-state index is 12.3. The molecule has 29 heavy (non-hydrogen) atoms. The number of piperidine rings is 1. The maximum atomic E-state index is 12.3. The van der Waals surface area contributed by atoms with Crippen molar-refractivity contribution in [1.29, 1.82) is 0 Å². The van der Waals surface area contributed by atoms with Crippen LogP contribution in [0.25, 0.3) is 0 Å². The molecule has 0 bridgehead atoms. The Bertz CT molecular complexity index is 905. The lowest BCUT2D eigenvalue weighted by Crippen LogP contribution is -2.34. The van der Waals surface area contributed by atoms with Gasteiger partial charge in [-0.2, -0.15) is 0 Å². The van der Waals surface area contributed by atoms with Crippen LogP contribution in [0.1, 0.15) is 34.6 Å². The summed E-state index contributed by atoms with van der Waals surface area (Å²) in [5.41, 5.74) is 3.78. The number of carbonyl (C=O) groups excluding carboxylic acids is 1. The second-order valence-corrected chi connectivity index (χ2v) is 7.53. The molecule has 5 nitrogen and oxygen atoms in total. The Morgan fingerprint density at radius 2 is 1.76 bits per heavy atom. The van der Waals surface area contributed by atoms with Crippen molar-refractivity contribution in [2.45, 2.75) is 25.8 Å². The van der Waals surface area contributed by atoms with E-state index in [1.54, 1.807) is 12.3 Å². The van der Waals surface area contributed by atoms with Gasteiger partial charge in [0.25, 0.3) is 5.91 Å². The van der Waals surface area contributed by atoms with Gasteiger partial charge in [-0.15, -0.1) is 0 Å². The molecule has 1 aliphatic heterocycles. The van der Waals surface area contributed by atoms with Crippen molar-refractivity contribution in [3.63, 3.8) is 0 Å². The summed E-state index contributed by atoms with van der Waals surface area (Å²) in [7, 11) is 0. The molecule has 148 valence electrons. The third kappa shape index (κ3) is 5.19. The predicted octanol–water partition coefficient (Wildman–Crippen LogP) is 3.87. The minimum Gasteiger partial charge on any atom is -0.370 e. The molecule has 1 amide bonds. The van der Waals surface area contributed by atoms with Gasteiger partial charge in [0.2, 0.25) is 0 Å². The quantitative estimate of drug-likeness (QED) is 0.699. The van der Waals surface area contributed by atoms with E-state index in [1.165, 1.54) is 18.4 Å². The van der Waals surface area contributed by atoms with Crippen molar-refractivity contribution in [2.24, 2.45) is 5.92 Å². The minimum atomic E-state index is -0.177. The summed E-state index contributed by atoms with van der Waals surface area (Å²) in [6, 6.07) is 20.2. The Kier molecular flexibility index (Phi) is 6.15. The van der Waals surface area contributed by atoms with E-state index in [0.717, 1.165) is 36.8 Å². The van der Waals surface area contributed by atoms with E-state index in [0.29, 0.717) is 12.2 Å². The van der Waals surface area contributed by atoms with E-state index in [2.05, 4.69) is 50.5 Å². The number of anilines is 1.